The summed E-state index contributed by atoms with van der Waals surface area (Å²) >= 11 is 0. The number of furan rings is 1. The van der Waals surface area contributed by atoms with Gasteiger partial charge in [0, 0.05) is 11.0 Å². The molecule has 2 rings (SSSR count). The normalized spacial score (nSPS) is 19.2. The summed E-state index contributed by atoms with van der Waals surface area (Å²) in [5.41, 5.74) is 6.77. The Morgan fingerprint density at radius 3 is 2.56 bits per heavy atom. The molecule has 1 atom stereocenters. The van der Waals surface area contributed by atoms with E-state index in [1.807, 2.05) is 19.9 Å². The van der Waals surface area contributed by atoms with Crippen LogP contribution < -0.4 is 5.73 Å². The van der Waals surface area contributed by atoms with Crippen molar-refractivity contribution in [2.75, 3.05) is 7.11 Å². The molecular formula is C12H17NO3. The van der Waals surface area contributed by atoms with Crippen molar-refractivity contribution in [3.8, 4) is 0 Å². The van der Waals surface area contributed by atoms with Gasteiger partial charge < -0.3 is 14.9 Å². The summed E-state index contributed by atoms with van der Waals surface area (Å²) in [6.45, 7) is 3.81. The van der Waals surface area contributed by atoms with Gasteiger partial charge in [-0.3, -0.25) is 4.79 Å². The number of rotatable bonds is 3. The second-order valence-electron chi connectivity index (χ2n) is 4.48. The highest BCUT2D eigenvalue weighted by molar-refractivity contribution is 5.79. The summed E-state index contributed by atoms with van der Waals surface area (Å²) in [6.07, 6.45) is 1.84. The lowest BCUT2D eigenvalue weighted by Gasteiger charge is -2.20. The monoisotopic (exact) mass is 223 g/mol. The van der Waals surface area contributed by atoms with E-state index in [0.29, 0.717) is 0 Å². The van der Waals surface area contributed by atoms with Crippen LogP contribution in [0.3, 0.4) is 0 Å². The number of carbonyl (C=O) groups excluding carboxylic acids is 1. The van der Waals surface area contributed by atoms with Crippen LogP contribution in [0.15, 0.2) is 10.5 Å². The molecule has 0 aromatic carbocycles. The smallest absolute Gasteiger partial charge is 0.323 e. The Bertz CT molecular complexity index is 418. The van der Waals surface area contributed by atoms with Crippen LogP contribution in [0.5, 0.6) is 0 Å². The maximum atomic E-state index is 11.5. The first-order valence-electron chi connectivity index (χ1n) is 5.42. The van der Waals surface area contributed by atoms with Gasteiger partial charge in [-0.2, -0.15) is 0 Å². The highest BCUT2D eigenvalue weighted by Crippen LogP contribution is 2.52. The van der Waals surface area contributed by atoms with Crippen LogP contribution in [-0.2, 0) is 14.9 Å². The largest absolute Gasteiger partial charge is 0.468 e. The maximum Gasteiger partial charge on any atom is 0.323 e. The zero-order valence-corrected chi connectivity index (χ0v) is 9.87. The molecule has 1 fully saturated rings. The summed E-state index contributed by atoms with van der Waals surface area (Å²) < 4.78 is 10.2. The van der Waals surface area contributed by atoms with E-state index in [2.05, 4.69) is 0 Å². The minimum atomic E-state index is -0.590. The first-order chi connectivity index (χ1) is 7.51. The van der Waals surface area contributed by atoms with Gasteiger partial charge in [0.1, 0.15) is 17.6 Å². The minimum absolute atomic E-state index is 0.255. The first kappa shape index (κ1) is 11.2. The van der Waals surface area contributed by atoms with Gasteiger partial charge in [-0.25, -0.2) is 0 Å². The summed E-state index contributed by atoms with van der Waals surface area (Å²) in [5.74, 6) is 1.36. The summed E-state index contributed by atoms with van der Waals surface area (Å²) in [5, 5.41) is 0. The van der Waals surface area contributed by atoms with Gasteiger partial charge >= 0.3 is 5.97 Å². The molecule has 1 aliphatic carbocycles. The van der Waals surface area contributed by atoms with Crippen molar-refractivity contribution in [1.29, 1.82) is 0 Å². The molecule has 0 amide bonds. The van der Waals surface area contributed by atoms with Gasteiger partial charge in [0.2, 0.25) is 0 Å². The van der Waals surface area contributed by atoms with Gasteiger partial charge in [-0.05, 0) is 32.8 Å². The molecule has 2 N–H and O–H groups in total. The zero-order chi connectivity index (χ0) is 11.9. The SMILES string of the molecule is COC(=O)C(N)C1(c2cc(C)oc2C)CC1. The van der Waals surface area contributed by atoms with Crippen LogP contribution in [0, 0.1) is 13.8 Å². The predicted molar refractivity (Wildman–Crippen MR) is 59.1 cm³/mol. The second kappa shape index (κ2) is 3.63. The van der Waals surface area contributed by atoms with Crippen molar-refractivity contribution < 1.29 is 13.9 Å². The van der Waals surface area contributed by atoms with Crippen molar-refractivity contribution >= 4 is 5.97 Å². The number of methoxy groups -OCH3 is 1. The van der Waals surface area contributed by atoms with E-state index in [1.54, 1.807) is 0 Å². The fourth-order valence-corrected chi connectivity index (χ4v) is 2.36. The average Bonchev–Trinajstić information content (AvgIpc) is 2.98. The quantitative estimate of drug-likeness (QED) is 0.787. The highest BCUT2D eigenvalue weighted by atomic mass is 16.5. The highest BCUT2D eigenvalue weighted by Gasteiger charge is 2.54. The van der Waals surface area contributed by atoms with Crippen molar-refractivity contribution in [2.24, 2.45) is 5.73 Å². The lowest BCUT2D eigenvalue weighted by atomic mass is 9.88. The van der Waals surface area contributed by atoms with Crippen LogP contribution >= 0.6 is 0 Å². The van der Waals surface area contributed by atoms with Crippen LogP contribution in [0.2, 0.25) is 0 Å². The summed E-state index contributed by atoms with van der Waals surface area (Å²) in [7, 11) is 1.37. The van der Waals surface area contributed by atoms with Crippen LogP contribution in [0.25, 0.3) is 0 Å². The Kier molecular flexibility index (Phi) is 2.54. The molecule has 4 nitrogen and oxygen atoms in total. The molecule has 4 heteroatoms. The van der Waals surface area contributed by atoms with Crippen molar-refractivity contribution in [1.82, 2.24) is 0 Å². The molecule has 1 heterocycles. The van der Waals surface area contributed by atoms with Gasteiger partial charge in [0.05, 0.1) is 7.11 Å². The van der Waals surface area contributed by atoms with Crippen LogP contribution in [0.4, 0.5) is 0 Å². The fourth-order valence-electron chi connectivity index (χ4n) is 2.36. The molecular weight excluding hydrogens is 206 g/mol. The summed E-state index contributed by atoms with van der Waals surface area (Å²) in [6, 6.07) is 1.39. The Hall–Kier alpha value is -1.29. The van der Waals surface area contributed by atoms with Crippen LogP contribution in [-0.4, -0.2) is 19.1 Å². The number of aryl methyl sites for hydroxylation is 2. The predicted octanol–water partition coefficient (Wildman–Crippen LogP) is 1.43. The first-order valence-corrected chi connectivity index (χ1v) is 5.42. The molecule has 1 unspecified atom stereocenters. The third-order valence-corrected chi connectivity index (χ3v) is 3.42. The van der Waals surface area contributed by atoms with Gasteiger partial charge in [-0.15, -0.1) is 0 Å². The Morgan fingerprint density at radius 1 is 1.56 bits per heavy atom. The molecule has 0 radical (unpaired) electrons. The van der Waals surface area contributed by atoms with Crippen molar-refractivity contribution in [2.45, 2.75) is 38.1 Å². The number of hydrogen-bond donors (Lipinski definition) is 1. The van der Waals surface area contributed by atoms with Crippen molar-refractivity contribution in [3.05, 3.63) is 23.2 Å². The molecule has 1 aromatic rings. The van der Waals surface area contributed by atoms with Crippen molar-refractivity contribution in [3.63, 3.8) is 0 Å². The number of carbonyl (C=O) groups is 1. The summed E-state index contributed by atoms with van der Waals surface area (Å²) in [4.78, 5) is 11.5. The molecule has 0 aliphatic heterocycles. The molecule has 16 heavy (non-hydrogen) atoms. The third kappa shape index (κ3) is 1.53. The fraction of sp³-hybridized carbons (Fsp3) is 0.583. The van der Waals surface area contributed by atoms with E-state index in [4.69, 9.17) is 14.9 Å². The van der Waals surface area contributed by atoms with E-state index in [9.17, 15) is 4.79 Å². The van der Waals surface area contributed by atoms with E-state index in [-0.39, 0.29) is 11.4 Å². The molecule has 0 spiro atoms. The Morgan fingerprint density at radius 2 is 2.19 bits per heavy atom. The zero-order valence-electron chi connectivity index (χ0n) is 9.87. The topological polar surface area (TPSA) is 65.5 Å². The van der Waals surface area contributed by atoms with Crippen LogP contribution in [0.1, 0.15) is 29.9 Å². The molecule has 1 saturated carbocycles. The molecule has 0 saturated heterocycles. The lowest BCUT2D eigenvalue weighted by molar-refractivity contribution is -0.143. The average molecular weight is 223 g/mol. The Labute approximate surface area is 94.8 Å². The lowest BCUT2D eigenvalue weighted by Crippen LogP contribution is -2.42. The van der Waals surface area contributed by atoms with E-state index < -0.39 is 6.04 Å². The standard InChI is InChI=1S/C12H17NO3/c1-7-6-9(8(2)16-7)12(4-5-12)10(13)11(14)15-3/h6,10H,4-5,13H2,1-3H3. The van der Waals surface area contributed by atoms with E-state index >= 15 is 0 Å². The number of hydrogen-bond acceptors (Lipinski definition) is 4. The minimum Gasteiger partial charge on any atom is -0.468 e. The number of esters is 1. The second-order valence-corrected chi connectivity index (χ2v) is 4.48. The third-order valence-electron chi connectivity index (χ3n) is 3.42. The van der Waals surface area contributed by atoms with Gasteiger partial charge in [-0.1, -0.05) is 0 Å². The van der Waals surface area contributed by atoms with Gasteiger partial charge in [0.15, 0.2) is 0 Å². The number of ether oxygens (including phenoxy) is 1. The molecule has 1 aliphatic rings. The molecule has 1 aromatic heterocycles. The van der Waals surface area contributed by atoms with E-state index in [0.717, 1.165) is 29.9 Å². The molecule has 0 bridgehead atoms. The van der Waals surface area contributed by atoms with E-state index in [1.165, 1.54) is 7.11 Å². The molecule has 88 valence electrons. The number of nitrogens with two attached hydrogens (primary N) is 1. The van der Waals surface area contributed by atoms with Gasteiger partial charge in [0.25, 0.3) is 0 Å². The maximum absolute atomic E-state index is 11.5. The Balaban J connectivity index is 2.33.